The van der Waals surface area contributed by atoms with Gasteiger partial charge in [0.1, 0.15) is 0 Å². The molecule has 184 valence electrons. The first-order valence-corrected chi connectivity index (χ1v) is 12.8. The zero-order chi connectivity index (χ0) is 23.5. The summed E-state index contributed by atoms with van der Waals surface area (Å²) in [6.45, 7) is 2.22. The standard InChI is InChI=1S/C22H38O8S.2Na.2H/c1-2-3-4-5-6-7-8-9-10-11-12-13-14-15-16-17-21(25)30-22(26)19(18-20(23)24)31(27,28)29;;;;/h9-10,19H,2-8,11-18H2,1H3,(H,23,24)(H,27,28,29);;;;. The molecule has 0 aliphatic rings. The summed E-state index contributed by atoms with van der Waals surface area (Å²) in [6, 6.07) is 0. The molecule has 11 heteroatoms. The zero-order valence-electron chi connectivity index (χ0n) is 18.6. The Labute approximate surface area is 243 Å². The molecule has 33 heavy (non-hydrogen) atoms. The number of hydrogen-bond acceptors (Lipinski definition) is 6. The Hall–Kier alpha value is 0.260. The number of unbranched alkanes of at least 4 members (excludes halogenated alkanes) is 11. The van der Waals surface area contributed by atoms with E-state index in [-0.39, 0.29) is 65.5 Å². The van der Waals surface area contributed by atoms with E-state index in [4.69, 9.17) is 9.66 Å². The average molecular weight is 511 g/mol. The molecule has 0 spiro atoms. The zero-order valence-corrected chi connectivity index (χ0v) is 19.4. The van der Waals surface area contributed by atoms with Crippen LogP contribution in [0.2, 0.25) is 0 Å². The van der Waals surface area contributed by atoms with Crippen LogP contribution >= 0.6 is 0 Å². The van der Waals surface area contributed by atoms with Gasteiger partial charge in [-0.15, -0.1) is 0 Å². The van der Waals surface area contributed by atoms with Crippen molar-refractivity contribution in [1.29, 1.82) is 0 Å². The monoisotopic (exact) mass is 510 g/mol. The van der Waals surface area contributed by atoms with Gasteiger partial charge in [0.15, 0.2) is 5.25 Å². The molecule has 0 aromatic rings. The van der Waals surface area contributed by atoms with Gasteiger partial charge in [0, 0.05) is 6.42 Å². The van der Waals surface area contributed by atoms with E-state index in [9.17, 15) is 22.8 Å². The second kappa shape index (κ2) is 24.0. The molecule has 0 bridgehead atoms. The number of esters is 2. The molecule has 1 atom stereocenters. The Bertz CT molecular complexity index is 665. The second-order valence-electron chi connectivity index (χ2n) is 7.73. The normalized spacial score (nSPS) is 11.9. The van der Waals surface area contributed by atoms with Crippen LogP contribution in [0.3, 0.4) is 0 Å². The van der Waals surface area contributed by atoms with E-state index >= 15 is 0 Å². The fourth-order valence-corrected chi connectivity index (χ4v) is 3.68. The molecule has 0 saturated carbocycles. The molecule has 0 saturated heterocycles. The topological polar surface area (TPSA) is 135 Å². The summed E-state index contributed by atoms with van der Waals surface area (Å²) in [4.78, 5) is 33.9. The SMILES string of the molecule is CCCCCCCCC=CCCCCCCCC(=O)OC(=O)C(CC(=O)O)S(=O)(=O)O.[NaH].[NaH]. The van der Waals surface area contributed by atoms with Crippen molar-refractivity contribution in [1.82, 2.24) is 0 Å². The number of carbonyl (C=O) groups excluding carboxylic acids is 2. The molecule has 0 aliphatic carbocycles. The number of aliphatic carboxylic acids is 1. The van der Waals surface area contributed by atoms with Crippen LogP contribution in [-0.4, -0.2) is 100 Å². The van der Waals surface area contributed by atoms with Crippen LogP contribution in [0.15, 0.2) is 12.2 Å². The molecular formula is C22H40Na2O8S. The van der Waals surface area contributed by atoms with Crippen molar-refractivity contribution in [3.63, 3.8) is 0 Å². The predicted molar refractivity (Wildman–Crippen MR) is 132 cm³/mol. The van der Waals surface area contributed by atoms with Gasteiger partial charge < -0.3 is 9.84 Å². The van der Waals surface area contributed by atoms with Crippen LogP contribution in [0.4, 0.5) is 0 Å². The first-order valence-electron chi connectivity index (χ1n) is 11.3. The van der Waals surface area contributed by atoms with Gasteiger partial charge in [-0.1, -0.05) is 70.4 Å². The van der Waals surface area contributed by atoms with E-state index in [1.165, 1.54) is 38.5 Å². The van der Waals surface area contributed by atoms with Crippen LogP contribution in [-0.2, 0) is 29.2 Å². The van der Waals surface area contributed by atoms with Gasteiger partial charge in [0.05, 0.1) is 6.42 Å². The summed E-state index contributed by atoms with van der Waals surface area (Å²) in [5.74, 6) is -4.10. The van der Waals surface area contributed by atoms with Gasteiger partial charge in [-0.25, -0.2) is 0 Å². The fraction of sp³-hybridized carbons (Fsp3) is 0.773. The van der Waals surface area contributed by atoms with E-state index in [0.717, 1.165) is 38.5 Å². The van der Waals surface area contributed by atoms with Crippen LogP contribution in [0.25, 0.3) is 0 Å². The number of ether oxygens (including phenoxy) is 1. The molecule has 0 fully saturated rings. The number of hydrogen-bond donors (Lipinski definition) is 2. The van der Waals surface area contributed by atoms with Gasteiger partial charge in [0.2, 0.25) is 0 Å². The average Bonchev–Trinajstić information content (AvgIpc) is 2.68. The molecule has 0 radical (unpaired) electrons. The van der Waals surface area contributed by atoms with Crippen molar-refractivity contribution in [3.8, 4) is 0 Å². The molecule has 8 nitrogen and oxygen atoms in total. The van der Waals surface area contributed by atoms with Gasteiger partial charge in [-0.3, -0.25) is 18.9 Å². The molecular weight excluding hydrogens is 470 g/mol. The van der Waals surface area contributed by atoms with E-state index in [1.807, 2.05) is 0 Å². The summed E-state index contributed by atoms with van der Waals surface area (Å²) in [7, 11) is -4.97. The predicted octanol–water partition coefficient (Wildman–Crippen LogP) is 3.53. The minimum atomic E-state index is -4.97. The molecule has 0 rings (SSSR count). The minimum absolute atomic E-state index is 0. The summed E-state index contributed by atoms with van der Waals surface area (Å²) < 4.78 is 35.4. The third-order valence-electron chi connectivity index (χ3n) is 4.84. The number of carboxylic acids is 1. The summed E-state index contributed by atoms with van der Waals surface area (Å²) in [5, 5.41) is 6.31. The van der Waals surface area contributed by atoms with Crippen LogP contribution in [0.1, 0.15) is 103 Å². The maximum atomic E-state index is 11.6. The first kappa shape index (κ1) is 37.8. The van der Waals surface area contributed by atoms with Gasteiger partial charge in [-0.2, -0.15) is 8.42 Å². The molecule has 0 heterocycles. The number of carboxylic acid groups (broad SMARTS) is 1. The molecule has 0 amide bonds. The Morgan fingerprint density at radius 3 is 1.73 bits per heavy atom. The quantitative estimate of drug-likeness (QED) is 0.0673. The number of carbonyl (C=O) groups is 3. The van der Waals surface area contributed by atoms with E-state index in [1.54, 1.807) is 0 Å². The Morgan fingerprint density at radius 2 is 1.27 bits per heavy atom. The molecule has 0 aromatic carbocycles. The fourth-order valence-electron chi connectivity index (χ4n) is 3.04. The maximum absolute atomic E-state index is 11.6. The van der Waals surface area contributed by atoms with Gasteiger partial charge in [-0.05, 0) is 32.1 Å². The second-order valence-corrected chi connectivity index (χ2v) is 9.33. The summed E-state index contributed by atoms with van der Waals surface area (Å²) in [5.41, 5.74) is 0. The van der Waals surface area contributed by atoms with E-state index in [0.29, 0.717) is 6.42 Å². The van der Waals surface area contributed by atoms with Crippen LogP contribution in [0.5, 0.6) is 0 Å². The Morgan fingerprint density at radius 1 is 0.818 bits per heavy atom. The Balaban J connectivity index is -0.00000450. The number of rotatable bonds is 19. The molecule has 1 unspecified atom stereocenters. The van der Waals surface area contributed by atoms with E-state index < -0.39 is 39.7 Å². The Kier molecular flexibility index (Phi) is 27.5. The molecule has 0 aliphatic heterocycles. The van der Waals surface area contributed by atoms with Crippen LogP contribution in [0, 0.1) is 0 Å². The summed E-state index contributed by atoms with van der Waals surface area (Å²) in [6.07, 6.45) is 17.5. The third kappa shape index (κ3) is 23.8. The van der Waals surface area contributed by atoms with Crippen molar-refractivity contribution in [2.45, 2.75) is 108 Å². The van der Waals surface area contributed by atoms with Crippen LogP contribution < -0.4 is 0 Å². The van der Waals surface area contributed by atoms with Crippen molar-refractivity contribution in [3.05, 3.63) is 12.2 Å². The first-order chi connectivity index (χ1) is 14.7. The molecule has 2 N–H and O–H groups in total. The molecule has 0 aromatic heterocycles. The van der Waals surface area contributed by atoms with Gasteiger partial charge >= 0.3 is 77.0 Å². The van der Waals surface area contributed by atoms with Gasteiger partial charge in [0.25, 0.3) is 10.1 Å². The van der Waals surface area contributed by atoms with Crippen molar-refractivity contribution >= 4 is 87.1 Å². The van der Waals surface area contributed by atoms with Crippen molar-refractivity contribution in [2.75, 3.05) is 0 Å². The van der Waals surface area contributed by atoms with Crippen molar-refractivity contribution < 1.29 is 37.2 Å². The van der Waals surface area contributed by atoms with E-state index in [2.05, 4.69) is 23.8 Å². The number of allylic oxidation sites excluding steroid dienone is 2. The van der Waals surface area contributed by atoms with Crippen molar-refractivity contribution in [2.24, 2.45) is 0 Å². The third-order valence-corrected chi connectivity index (χ3v) is 5.92. The summed E-state index contributed by atoms with van der Waals surface area (Å²) >= 11 is 0.